The molecule has 0 saturated heterocycles. The van der Waals surface area contributed by atoms with Crippen molar-refractivity contribution in [2.24, 2.45) is 0 Å². The molecule has 0 bridgehead atoms. The lowest BCUT2D eigenvalue weighted by molar-refractivity contribution is -0.130. The highest BCUT2D eigenvalue weighted by molar-refractivity contribution is 5.98. The van der Waals surface area contributed by atoms with Crippen LogP contribution >= 0.6 is 0 Å². The highest BCUT2D eigenvalue weighted by Crippen LogP contribution is 2.24. The Morgan fingerprint density at radius 1 is 0.857 bits per heavy atom. The first-order valence-electron chi connectivity index (χ1n) is 10.4. The molecule has 2 aliphatic rings. The molecule has 0 unspecified atom stereocenters. The number of rotatable bonds is 5. The van der Waals surface area contributed by atoms with Crippen LogP contribution in [-0.2, 0) is 17.6 Å². The van der Waals surface area contributed by atoms with Crippen molar-refractivity contribution in [3.63, 3.8) is 0 Å². The van der Waals surface area contributed by atoms with Gasteiger partial charge in [0.05, 0.1) is 0 Å². The predicted molar refractivity (Wildman–Crippen MR) is 112 cm³/mol. The van der Waals surface area contributed by atoms with Gasteiger partial charge in [-0.05, 0) is 60.4 Å². The van der Waals surface area contributed by atoms with E-state index in [4.69, 9.17) is 0 Å². The number of benzene rings is 2. The lowest BCUT2D eigenvalue weighted by Gasteiger charge is -2.26. The van der Waals surface area contributed by atoms with Gasteiger partial charge < -0.3 is 4.90 Å². The summed E-state index contributed by atoms with van der Waals surface area (Å²) in [7, 11) is 0. The maximum atomic E-state index is 12.6. The van der Waals surface area contributed by atoms with E-state index in [1.165, 1.54) is 35.1 Å². The Morgan fingerprint density at radius 2 is 1.64 bits per heavy atom. The van der Waals surface area contributed by atoms with E-state index in [-0.39, 0.29) is 11.7 Å². The number of aryl methyl sites for hydroxylation is 2. The van der Waals surface area contributed by atoms with Crippen LogP contribution < -0.4 is 0 Å². The normalized spacial score (nSPS) is 16.3. The third-order valence-electron chi connectivity index (χ3n) is 5.94. The summed E-state index contributed by atoms with van der Waals surface area (Å²) in [4.78, 5) is 27.0. The minimum absolute atomic E-state index is 0.0784. The molecule has 144 valence electrons. The summed E-state index contributed by atoms with van der Waals surface area (Å²) in [6.07, 6.45) is 8.24. The van der Waals surface area contributed by atoms with Crippen LogP contribution in [0.5, 0.6) is 0 Å². The average Bonchev–Trinajstić information content (AvgIpc) is 2.77. The molecule has 1 heterocycles. The van der Waals surface area contributed by atoms with Crippen LogP contribution in [0.15, 0.2) is 54.6 Å². The lowest BCUT2D eigenvalue weighted by Crippen LogP contribution is -2.34. The third kappa shape index (κ3) is 4.24. The molecule has 2 aromatic rings. The van der Waals surface area contributed by atoms with Crippen molar-refractivity contribution in [2.75, 3.05) is 13.1 Å². The monoisotopic (exact) mass is 373 g/mol. The molecular weight excluding hydrogens is 346 g/mol. The standard InChI is InChI=1S/C25H27NO2/c27-24(23-11-10-20-8-4-5-9-22(20)18-23)12-13-25(28)26-16-14-21(15-17-26)19-6-2-1-3-7-19/h1-3,6-7,10-11,14,18H,4-5,8-9,12-13,15-17H2. The van der Waals surface area contributed by atoms with Crippen LogP contribution in [0, 0.1) is 0 Å². The van der Waals surface area contributed by atoms with Gasteiger partial charge in [0.2, 0.25) is 5.91 Å². The summed E-state index contributed by atoms with van der Waals surface area (Å²) in [6.45, 7) is 1.36. The Hall–Kier alpha value is -2.68. The number of carbonyl (C=O) groups excluding carboxylic acids is 2. The van der Waals surface area contributed by atoms with Gasteiger partial charge in [-0.1, -0.05) is 48.5 Å². The summed E-state index contributed by atoms with van der Waals surface area (Å²) >= 11 is 0. The number of Topliss-reactive ketones (excluding diaryl/α,β-unsaturated/α-hetero) is 1. The van der Waals surface area contributed by atoms with E-state index in [1.807, 2.05) is 29.2 Å². The first kappa shape index (κ1) is 18.7. The molecule has 0 N–H and O–H groups in total. The zero-order valence-corrected chi connectivity index (χ0v) is 16.3. The fourth-order valence-corrected chi connectivity index (χ4v) is 4.24. The molecule has 1 amide bonds. The molecule has 0 aromatic heterocycles. The molecule has 0 saturated carbocycles. The molecule has 3 nitrogen and oxygen atoms in total. The number of hydrogen-bond donors (Lipinski definition) is 0. The van der Waals surface area contributed by atoms with Crippen molar-refractivity contribution in [3.8, 4) is 0 Å². The van der Waals surface area contributed by atoms with E-state index in [0.29, 0.717) is 19.4 Å². The second-order valence-corrected chi connectivity index (χ2v) is 7.80. The lowest BCUT2D eigenvalue weighted by atomic mass is 9.89. The molecular formula is C25H27NO2. The van der Waals surface area contributed by atoms with E-state index >= 15 is 0 Å². The number of amides is 1. The molecule has 0 spiro atoms. The number of ketones is 1. The van der Waals surface area contributed by atoms with Crippen LogP contribution in [0.3, 0.4) is 0 Å². The van der Waals surface area contributed by atoms with E-state index < -0.39 is 0 Å². The van der Waals surface area contributed by atoms with Crippen molar-refractivity contribution in [2.45, 2.75) is 44.9 Å². The highest BCUT2D eigenvalue weighted by atomic mass is 16.2. The Labute approximate surface area is 167 Å². The van der Waals surface area contributed by atoms with Crippen LogP contribution in [-0.4, -0.2) is 29.7 Å². The SMILES string of the molecule is O=C(CCC(=O)N1CC=C(c2ccccc2)CC1)c1ccc2c(c1)CCCC2. The molecule has 0 atom stereocenters. The number of carbonyl (C=O) groups is 2. The Bertz CT molecular complexity index is 898. The Balaban J connectivity index is 1.31. The first-order chi connectivity index (χ1) is 13.7. The maximum absolute atomic E-state index is 12.6. The molecule has 28 heavy (non-hydrogen) atoms. The molecule has 1 aliphatic carbocycles. The number of hydrogen-bond acceptors (Lipinski definition) is 2. The van der Waals surface area contributed by atoms with Gasteiger partial charge in [0.25, 0.3) is 0 Å². The van der Waals surface area contributed by atoms with Crippen molar-refractivity contribution < 1.29 is 9.59 Å². The zero-order valence-electron chi connectivity index (χ0n) is 16.3. The van der Waals surface area contributed by atoms with Crippen LogP contribution in [0.25, 0.3) is 5.57 Å². The summed E-state index contributed by atoms with van der Waals surface area (Å²) in [5.41, 5.74) is 6.00. The fourth-order valence-electron chi connectivity index (χ4n) is 4.24. The van der Waals surface area contributed by atoms with E-state index in [1.54, 1.807) is 0 Å². The highest BCUT2D eigenvalue weighted by Gasteiger charge is 2.19. The molecule has 0 fully saturated rings. The first-order valence-corrected chi connectivity index (χ1v) is 10.4. The van der Waals surface area contributed by atoms with Gasteiger partial charge in [-0.2, -0.15) is 0 Å². The topological polar surface area (TPSA) is 37.4 Å². The van der Waals surface area contributed by atoms with E-state index in [9.17, 15) is 9.59 Å². The van der Waals surface area contributed by atoms with Crippen molar-refractivity contribution >= 4 is 17.3 Å². The largest absolute Gasteiger partial charge is 0.339 e. The predicted octanol–water partition coefficient (Wildman–Crippen LogP) is 4.84. The molecule has 2 aromatic carbocycles. The summed E-state index contributed by atoms with van der Waals surface area (Å²) in [5, 5.41) is 0. The molecule has 3 heteroatoms. The van der Waals surface area contributed by atoms with Gasteiger partial charge in [-0.15, -0.1) is 0 Å². The van der Waals surface area contributed by atoms with Gasteiger partial charge in [-0.3, -0.25) is 9.59 Å². The fraction of sp³-hybridized carbons (Fsp3) is 0.360. The number of nitrogens with zero attached hydrogens (tertiary/aromatic N) is 1. The van der Waals surface area contributed by atoms with Gasteiger partial charge >= 0.3 is 0 Å². The van der Waals surface area contributed by atoms with Crippen molar-refractivity contribution in [1.82, 2.24) is 4.90 Å². The number of fused-ring (bicyclic) bond motifs is 1. The van der Waals surface area contributed by atoms with Crippen LogP contribution in [0.4, 0.5) is 0 Å². The molecule has 4 rings (SSSR count). The summed E-state index contributed by atoms with van der Waals surface area (Å²) in [6, 6.07) is 16.4. The van der Waals surface area contributed by atoms with Crippen LogP contribution in [0.2, 0.25) is 0 Å². The minimum Gasteiger partial charge on any atom is -0.339 e. The smallest absolute Gasteiger partial charge is 0.223 e. The maximum Gasteiger partial charge on any atom is 0.223 e. The zero-order chi connectivity index (χ0) is 19.3. The second kappa shape index (κ2) is 8.55. The molecule has 1 aliphatic heterocycles. The van der Waals surface area contributed by atoms with Crippen molar-refractivity contribution in [1.29, 1.82) is 0 Å². The summed E-state index contributed by atoms with van der Waals surface area (Å²) < 4.78 is 0. The Kier molecular flexibility index (Phi) is 5.70. The summed E-state index contributed by atoms with van der Waals surface area (Å²) in [5.74, 6) is 0.161. The van der Waals surface area contributed by atoms with Gasteiger partial charge in [0.1, 0.15) is 0 Å². The van der Waals surface area contributed by atoms with Crippen LogP contribution in [0.1, 0.15) is 59.2 Å². The van der Waals surface area contributed by atoms with E-state index in [0.717, 1.165) is 31.4 Å². The van der Waals surface area contributed by atoms with E-state index in [2.05, 4.69) is 30.3 Å². The van der Waals surface area contributed by atoms with Gasteiger partial charge in [-0.25, -0.2) is 0 Å². The quantitative estimate of drug-likeness (QED) is 0.703. The van der Waals surface area contributed by atoms with Crippen molar-refractivity contribution in [3.05, 3.63) is 76.9 Å². The second-order valence-electron chi connectivity index (χ2n) is 7.80. The Morgan fingerprint density at radius 3 is 2.39 bits per heavy atom. The average molecular weight is 373 g/mol. The minimum atomic E-state index is 0.0784. The van der Waals surface area contributed by atoms with Gasteiger partial charge in [0.15, 0.2) is 5.78 Å². The third-order valence-corrected chi connectivity index (χ3v) is 5.94. The molecule has 0 radical (unpaired) electrons. The van der Waals surface area contributed by atoms with Gasteiger partial charge in [0, 0.05) is 31.5 Å².